The van der Waals surface area contributed by atoms with Crippen molar-refractivity contribution in [1.82, 2.24) is 0 Å². The Labute approximate surface area is 110 Å². The minimum absolute atomic E-state index is 0.0309. The number of benzene rings is 1. The van der Waals surface area contributed by atoms with E-state index in [1.54, 1.807) is 12.2 Å². The summed E-state index contributed by atoms with van der Waals surface area (Å²) in [5, 5.41) is 0. The van der Waals surface area contributed by atoms with Crippen LogP contribution in [0.25, 0.3) is 0 Å². The minimum Gasteiger partial charge on any atom is -0.491 e. The first-order valence-electron chi connectivity index (χ1n) is 6.20. The highest BCUT2D eigenvalue weighted by molar-refractivity contribution is 5.26. The summed E-state index contributed by atoms with van der Waals surface area (Å²) in [7, 11) is 0. The zero-order chi connectivity index (χ0) is 13.8. The fourth-order valence-electron chi connectivity index (χ4n) is 1.89. The third-order valence-electron chi connectivity index (χ3n) is 3.04. The molecule has 0 heterocycles. The SMILES string of the molecule is Cc1c(F)cc(CCCOC2=C(F)CC=C2)cc1F. The molecule has 1 aromatic carbocycles. The van der Waals surface area contributed by atoms with E-state index in [0.29, 0.717) is 25.0 Å². The molecule has 19 heavy (non-hydrogen) atoms. The second-order valence-corrected chi connectivity index (χ2v) is 4.51. The Morgan fingerprint density at radius 2 is 1.84 bits per heavy atom. The predicted molar refractivity (Wildman–Crippen MR) is 67.3 cm³/mol. The van der Waals surface area contributed by atoms with Crippen molar-refractivity contribution in [1.29, 1.82) is 0 Å². The van der Waals surface area contributed by atoms with E-state index in [-0.39, 0.29) is 23.6 Å². The van der Waals surface area contributed by atoms with E-state index in [1.165, 1.54) is 19.1 Å². The van der Waals surface area contributed by atoms with Gasteiger partial charge in [-0.05, 0) is 43.5 Å². The van der Waals surface area contributed by atoms with E-state index in [9.17, 15) is 13.2 Å². The van der Waals surface area contributed by atoms with Gasteiger partial charge >= 0.3 is 0 Å². The van der Waals surface area contributed by atoms with E-state index in [4.69, 9.17) is 4.74 Å². The maximum Gasteiger partial charge on any atom is 0.150 e. The fourth-order valence-corrected chi connectivity index (χ4v) is 1.89. The van der Waals surface area contributed by atoms with Gasteiger partial charge in [-0.1, -0.05) is 6.08 Å². The molecule has 1 aliphatic rings. The summed E-state index contributed by atoms with van der Waals surface area (Å²) in [6.07, 6.45) is 4.64. The van der Waals surface area contributed by atoms with Gasteiger partial charge in [-0.3, -0.25) is 0 Å². The maximum absolute atomic E-state index is 13.3. The largest absolute Gasteiger partial charge is 0.491 e. The number of hydrogen-bond donors (Lipinski definition) is 0. The second-order valence-electron chi connectivity index (χ2n) is 4.51. The standard InChI is InChI=1S/C15H15F3O/c1-10-13(17)8-11(9-14(10)18)4-3-7-19-15-6-2-5-12(15)16/h2,6,8-9H,3-5,7H2,1H3. The molecular weight excluding hydrogens is 253 g/mol. The van der Waals surface area contributed by atoms with Gasteiger partial charge in [0, 0.05) is 12.0 Å². The van der Waals surface area contributed by atoms with Gasteiger partial charge in [-0.2, -0.15) is 0 Å². The van der Waals surface area contributed by atoms with E-state index in [0.717, 1.165) is 0 Å². The van der Waals surface area contributed by atoms with Crippen molar-refractivity contribution in [3.05, 3.63) is 58.6 Å². The summed E-state index contributed by atoms with van der Waals surface area (Å²) in [4.78, 5) is 0. The Bertz CT molecular complexity index is 509. The zero-order valence-corrected chi connectivity index (χ0v) is 10.7. The van der Waals surface area contributed by atoms with E-state index >= 15 is 0 Å². The van der Waals surface area contributed by atoms with Gasteiger partial charge in [0.1, 0.15) is 17.5 Å². The lowest BCUT2D eigenvalue weighted by atomic mass is 10.1. The predicted octanol–water partition coefficient (Wildman–Crippen LogP) is 4.36. The third-order valence-corrected chi connectivity index (χ3v) is 3.04. The van der Waals surface area contributed by atoms with Crippen LogP contribution < -0.4 is 0 Å². The van der Waals surface area contributed by atoms with Gasteiger partial charge in [0.05, 0.1) is 6.61 Å². The first kappa shape index (κ1) is 13.7. The van der Waals surface area contributed by atoms with Gasteiger partial charge in [0.15, 0.2) is 5.76 Å². The van der Waals surface area contributed by atoms with Crippen LogP contribution >= 0.6 is 0 Å². The molecule has 0 unspecified atom stereocenters. The molecule has 102 valence electrons. The van der Waals surface area contributed by atoms with E-state index < -0.39 is 11.6 Å². The van der Waals surface area contributed by atoms with Crippen LogP contribution in [0.5, 0.6) is 0 Å². The van der Waals surface area contributed by atoms with Gasteiger partial charge in [0.2, 0.25) is 0 Å². The highest BCUT2D eigenvalue weighted by Gasteiger charge is 2.10. The molecule has 0 aliphatic heterocycles. The average molecular weight is 268 g/mol. The van der Waals surface area contributed by atoms with Crippen LogP contribution in [-0.4, -0.2) is 6.61 Å². The molecule has 0 atom stereocenters. The van der Waals surface area contributed by atoms with Gasteiger partial charge < -0.3 is 4.74 Å². The normalized spacial score (nSPS) is 14.3. The molecule has 0 bridgehead atoms. The molecule has 1 aromatic rings. The molecule has 0 amide bonds. The lowest BCUT2D eigenvalue weighted by Crippen LogP contribution is -1.98. The number of rotatable bonds is 5. The van der Waals surface area contributed by atoms with E-state index in [2.05, 4.69) is 0 Å². The van der Waals surface area contributed by atoms with Crippen molar-refractivity contribution in [2.45, 2.75) is 26.2 Å². The Hall–Kier alpha value is -1.71. The molecular formula is C15H15F3O. The van der Waals surface area contributed by atoms with Crippen LogP contribution in [0.1, 0.15) is 24.0 Å². The highest BCUT2D eigenvalue weighted by Crippen LogP contribution is 2.21. The van der Waals surface area contributed by atoms with Crippen molar-refractivity contribution < 1.29 is 17.9 Å². The van der Waals surface area contributed by atoms with Crippen molar-refractivity contribution in [2.24, 2.45) is 0 Å². The van der Waals surface area contributed by atoms with E-state index in [1.807, 2.05) is 0 Å². The molecule has 0 saturated carbocycles. The van der Waals surface area contributed by atoms with Crippen molar-refractivity contribution in [3.63, 3.8) is 0 Å². The Morgan fingerprint density at radius 1 is 1.16 bits per heavy atom. The molecule has 0 fully saturated rings. The Balaban J connectivity index is 1.83. The smallest absolute Gasteiger partial charge is 0.150 e. The molecule has 0 radical (unpaired) electrons. The topological polar surface area (TPSA) is 9.23 Å². The monoisotopic (exact) mass is 268 g/mol. The lowest BCUT2D eigenvalue weighted by molar-refractivity contribution is 0.211. The summed E-state index contributed by atoms with van der Waals surface area (Å²) in [6, 6.07) is 2.65. The first-order valence-corrected chi connectivity index (χ1v) is 6.20. The lowest BCUT2D eigenvalue weighted by Gasteiger charge is -2.07. The molecule has 1 nitrogen and oxygen atoms in total. The fraction of sp³-hybridized carbons (Fsp3) is 0.333. The number of ether oxygens (including phenoxy) is 1. The number of hydrogen-bond acceptors (Lipinski definition) is 1. The van der Waals surface area contributed by atoms with Crippen LogP contribution in [0.15, 0.2) is 35.9 Å². The molecule has 4 heteroatoms. The number of aryl methyl sites for hydroxylation is 1. The Morgan fingerprint density at radius 3 is 2.42 bits per heavy atom. The minimum atomic E-state index is -0.539. The molecule has 0 aromatic heterocycles. The van der Waals surface area contributed by atoms with Crippen LogP contribution in [0, 0.1) is 18.6 Å². The number of halogens is 3. The Kier molecular flexibility index (Phi) is 4.30. The molecule has 0 saturated heterocycles. The summed E-state index contributed by atoms with van der Waals surface area (Å²) >= 11 is 0. The van der Waals surface area contributed by atoms with Gasteiger partial charge in [-0.25, -0.2) is 13.2 Å². The van der Waals surface area contributed by atoms with Gasteiger partial charge in [0.25, 0.3) is 0 Å². The summed E-state index contributed by atoms with van der Waals surface area (Å²) in [5.41, 5.74) is 0.615. The maximum atomic E-state index is 13.3. The summed E-state index contributed by atoms with van der Waals surface area (Å²) < 4.78 is 45.0. The van der Waals surface area contributed by atoms with Gasteiger partial charge in [-0.15, -0.1) is 0 Å². The summed E-state index contributed by atoms with van der Waals surface area (Å²) in [5.74, 6) is -1.08. The van der Waals surface area contributed by atoms with Crippen molar-refractivity contribution in [2.75, 3.05) is 6.61 Å². The number of allylic oxidation sites excluding steroid dienone is 3. The summed E-state index contributed by atoms with van der Waals surface area (Å²) in [6.45, 7) is 1.73. The van der Waals surface area contributed by atoms with Crippen molar-refractivity contribution in [3.8, 4) is 0 Å². The first-order chi connectivity index (χ1) is 9.08. The van der Waals surface area contributed by atoms with Crippen LogP contribution in [0.4, 0.5) is 13.2 Å². The zero-order valence-electron chi connectivity index (χ0n) is 10.7. The molecule has 2 rings (SSSR count). The molecule has 0 N–H and O–H groups in total. The highest BCUT2D eigenvalue weighted by atomic mass is 19.1. The average Bonchev–Trinajstić information content (AvgIpc) is 2.77. The molecule has 0 spiro atoms. The van der Waals surface area contributed by atoms with Crippen molar-refractivity contribution >= 4 is 0 Å². The quantitative estimate of drug-likeness (QED) is 0.721. The van der Waals surface area contributed by atoms with Crippen LogP contribution in [0.3, 0.4) is 0 Å². The third kappa shape index (κ3) is 3.40. The second kappa shape index (κ2) is 5.95. The molecule has 1 aliphatic carbocycles. The van der Waals surface area contributed by atoms with Crippen LogP contribution in [-0.2, 0) is 11.2 Å². The van der Waals surface area contributed by atoms with Crippen LogP contribution in [0.2, 0.25) is 0 Å².